The number of phenolic OH excluding ortho intramolecular Hbond substituents is 1. The molecule has 0 unspecified atom stereocenters. The Balaban J connectivity index is 1.97. The number of hydrogen-bond donors (Lipinski definition) is 4. The summed E-state index contributed by atoms with van der Waals surface area (Å²) in [7, 11) is 3.08. The van der Waals surface area contributed by atoms with Crippen LogP contribution in [0, 0.1) is 0 Å². The minimum absolute atomic E-state index is 0.0248. The number of allylic oxidation sites excluding steroid dienone is 1. The van der Waals surface area contributed by atoms with Crippen molar-refractivity contribution < 1.29 is 24.1 Å². The fraction of sp³-hybridized carbons (Fsp3) is 0.273. The number of amides is 1. The van der Waals surface area contributed by atoms with Gasteiger partial charge in [0.25, 0.3) is 5.91 Å². The van der Waals surface area contributed by atoms with E-state index in [4.69, 9.17) is 26.4 Å². The molecule has 8 nitrogen and oxygen atoms in total. The zero-order chi connectivity index (χ0) is 22.5. The SMILES string of the molecule is CCOc1cc([C@H]2NC(=S)NC(C)=C2C(=O)Nc2ccc(OC)cc2OC)ccc1O. The van der Waals surface area contributed by atoms with E-state index in [1.54, 1.807) is 44.4 Å². The molecule has 164 valence electrons. The van der Waals surface area contributed by atoms with Gasteiger partial charge in [0.1, 0.15) is 11.5 Å². The van der Waals surface area contributed by atoms with E-state index in [1.165, 1.54) is 13.2 Å². The third kappa shape index (κ3) is 4.83. The number of phenols is 1. The van der Waals surface area contributed by atoms with E-state index < -0.39 is 6.04 Å². The number of thiocarbonyl (C=S) groups is 1. The molecule has 2 aromatic rings. The Labute approximate surface area is 186 Å². The van der Waals surface area contributed by atoms with Crippen molar-refractivity contribution in [1.29, 1.82) is 0 Å². The van der Waals surface area contributed by atoms with E-state index in [1.807, 2.05) is 6.92 Å². The number of carbonyl (C=O) groups is 1. The number of nitrogens with one attached hydrogen (secondary N) is 3. The molecule has 1 atom stereocenters. The molecule has 31 heavy (non-hydrogen) atoms. The van der Waals surface area contributed by atoms with Gasteiger partial charge in [0.2, 0.25) is 0 Å². The molecule has 9 heteroatoms. The summed E-state index contributed by atoms with van der Waals surface area (Å²) in [4.78, 5) is 13.3. The maximum atomic E-state index is 13.3. The van der Waals surface area contributed by atoms with Crippen LogP contribution in [0.15, 0.2) is 47.7 Å². The molecule has 1 aliphatic rings. The van der Waals surface area contributed by atoms with Gasteiger partial charge < -0.3 is 35.3 Å². The first kappa shape index (κ1) is 22.2. The monoisotopic (exact) mass is 443 g/mol. The molecule has 0 saturated carbocycles. The minimum Gasteiger partial charge on any atom is -0.504 e. The average molecular weight is 444 g/mol. The van der Waals surface area contributed by atoms with Gasteiger partial charge in [-0.1, -0.05) is 6.07 Å². The highest BCUT2D eigenvalue weighted by Gasteiger charge is 2.31. The molecule has 2 aromatic carbocycles. The highest BCUT2D eigenvalue weighted by molar-refractivity contribution is 7.80. The van der Waals surface area contributed by atoms with E-state index in [0.717, 1.165) is 5.56 Å². The molecular weight excluding hydrogens is 418 g/mol. The smallest absolute Gasteiger partial charge is 0.255 e. The van der Waals surface area contributed by atoms with Gasteiger partial charge in [-0.2, -0.15) is 0 Å². The fourth-order valence-corrected chi connectivity index (χ4v) is 3.59. The third-order valence-corrected chi connectivity index (χ3v) is 5.01. The van der Waals surface area contributed by atoms with E-state index in [2.05, 4.69) is 16.0 Å². The van der Waals surface area contributed by atoms with Crippen LogP contribution in [0.5, 0.6) is 23.0 Å². The fourth-order valence-electron chi connectivity index (χ4n) is 3.32. The standard InChI is InChI=1S/C22H25N3O5S/c1-5-30-18-10-13(6-9-16(18)26)20-19(12(2)23-22(31)25-20)21(27)24-15-8-7-14(28-3)11-17(15)29-4/h6-11,20,26H,5H2,1-4H3,(H,24,27)(H2,23,25,31)/t20-/m1/s1. The Kier molecular flexibility index (Phi) is 6.86. The van der Waals surface area contributed by atoms with Crippen molar-refractivity contribution in [2.75, 3.05) is 26.1 Å². The molecule has 0 spiro atoms. The van der Waals surface area contributed by atoms with Crippen molar-refractivity contribution in [2.45, 2.75) is 19.9 Å². The number of carbonyl (C=O) groups excluding carboxylic acids is 1. The van der Waals surface area contributed by atoms with Crippen molar-refractivity contribution >= 4 is 28.9 Å². The third-order valence-electron chi connectivity index (χ3n) is 4.79. The summed E-state index contributed by atoms with van der Waals surface area (Å²) in [6.45, 7) is 4.01. The van der Waals surface area contributed by atoms with Gasteiger partial charge in [-0.15, -0.1) is 0 Å². The first-order chi connectivity index (χ1) is 14.9. The molecule has 0 bridgehead atoms. The van der Waals surface area contributed by atoms with E-state index in [9.17, 15) is 9.90 Å². The van der Waals surface area contributed by atoms with Crippen LogP contribution in [-0.4, -0.2) is 37.0 Å². The molecule has 4 N–H and O–H groups in total. The van der Waals surface area contributed by atoms with Crippen LogP contribution in [0.25, 0.3) is 0 Å². The number of hydrogen-bond acceptors (Lipinski definition) is 6. The van der Waals surface area contributed by atoms with Crippen molar-refractivity contribution in [3.05, 3.63) is 53.2 Å². The predicted molar refractivity (Wildman–Crippen MR) is 122 cm³/mol. The van der Waals surface area contributed by atoms with Gasteiger partial charge in [0.05, 0.1) is 38.1 Å². The summed E-state index contributed by atoms with van der Waals surface area (Å²) in [5.41, 5.74) is 2.28. The van der Waals surface area contributed by atoms with Crippen LogP contribution in [-0.2, 0) is 4.79 Å². The molecule has 0 fully saturated rings. The van der Waals surface area contributed by atoms with E-state index in [-0.39, 0.29) is 11.7 Å². The van der Waals surface area contributed by atoms with Gasteiger partial charge in [-0.3, -0.25) is 4.79 Å². The topological polar surface area (TPSA) is 101 Å². The zero-order valence-corrected chi connectivity index (χ0v) is 18.6. The molecule has 3 rings (SSSR count). The van der Waals surface area contributed by atoms with Crippen LogP contribution in [0.2, 0.25) is 0 Å². The Hall–Kier alpha value is -3.46. The van der Waals surface area contributed by atoms with Crippen LogP contribution in [0.3, 0.4) is 0 Å². The second-order valence-corrected chi connectivity index (χ2v) is 7.16. The van der Waals surface area contributed by atoms with Gasteiger partial charge in [0, 0.05) is 11.8 Å². The first-order valence-electron chi connectivity index (χ1n) is 9.65. The van der Waals surface area contributed by atoms with Crippen molar-refractivity contribution in [2.24, 2.45) is 0 Å². The van der Waals surface area contributed by atoms with Crippen LogP contribution in [0.1, 0.15) is 25.5 Å². The Morgan fingerprint density at radius 2 is 1.94 bits per heavy atom. The molecule has 0 radical (unpaired) electrons. The van der Waals surface area contributed by atoms with Gasteiger partial charge in [-0.25, -0.2) is 0 Å². The molecule has 1 heterocycles. The maximum absolute atomic E-state index is 13.3. The summed E-state index contributed by atoms with van der Waals surface area (Å²) in [6, 6.07) is 9.54. The highest BCUT2D eigenvalue weighted by atomic mass is 32.1. The molecule has 0 aliphatic carbocycles. The Morgan fingerprint density at radius 3 is 2.61 bits per heavy atom. The number of methoxy groups -OCH3 is 2. The average Bonchev–Trinajstić information content (AvgIpc) is 2.75. The molecule has 1 amide bonds. The lowest BCUT2D eigenvalue weighted by Crippen LogP contribution is -2.45. The van der Waals surface area contributed by atoms with Crippen molar-refractivity contribution in [1.82, 2.24) is 10.6 Å². The van der Waals surface area contributed by atoms with E-state index >= 15 is 0 Å². The number of anilines is 1. The molecule has 0 aromatic heterocycles. The predicted octanol–water partition coefficient (Wildman–Crippen LogP) is 3.24. The lowest BCUT2D eigenvalue weighted by molar-refractivity contribution is -0.113. The highest BCUT2D eigenvalue weighted by Crippen LogP contribution is 2.35. The lowest BCUT2D eigenvalue weighted by Gasteiger charge is -2.30. The molecule has 1 aliphatic heterocycles. The van der Waals surface area contributed by atoms with Crippen molar-refractivity contribution in [3.63, 3.8) is 0 Å². The minimum atomic E-state index is -0.544. The van der Waals surface area contributed by atoms with Crippen LogP contribution < -0.4 is 30.2 Å². The largest absolute Gasteiger partial charge is 0.504 e. The Bertz CT molecular complexity index is 1040. The summed E-state index contributed by atoms with van der Waals surface area (Å²) in [5.74, 6) is 1.11. The first-order valence-corrected chi connectivity index (χ1v) is 10.1. The summed E-state index contributed by atoms with van der Waals surface area (Å²) in [5, 5.41) is 19.5. The summed E-state index contributed by atoms with van der Waals surface area (Å²) in [6.07, 6.45) is 0. The zero-order valence-electron chi connectivity index (χ0n) is 17.7. The normalized spacial score (nSPS) is 15.6. The van der Waals surface area contributed by atoms with Gasteiger partial charge >= 0.3 is 0 Å². The number of rotatable bonds is 7. The van der Waals surface area contributed by atoms with Crippen molar-refractivity contribution in [3.8, 4) is 23.0 Å². The number of benzene rings is 2. The van der Waals surface area contributed by atoms with Gasteiger partial charge in [0.15, 0.2) is 16.6 Å². The van der Waals surface area contributed by atoms with Crippen LogP contribution >= 0.6 is 12.2 Å². The second-order valence-electron chi connectivity index (χ2n) is 6.75. The van der Waals surface area contributed by atoms with Gasteiger partial charge in [-0.05, 0) is 55.9 Å². The molecule has 0 saturated heterocycles. The molecular formula is C22H25N3O5S. The summed E-state index contributed by atoms with van der Waals surface area (Å²) >= 11 is 5.30. The number of aromatic hydroxyl groups is 1. The Morgan fingerprint density at radius 1 is 1.16 bits per heavy atom. The summed E-state index contributed by atoms with van der Waals surface area (Å²) < 4.78 is 16.1. The maximum Gasteiger partial charge on any atom is 0.255 e. The lowest BCUT2D eigenvalue weighted by atomic mass is 9.94. The number of ether oxygens (including phenoxy) is 3. The quantitative estimate of drug-likeness (QED) is 0.484. The van der Waals surface area contributed by atoms with Crippen LogP contribution in [0.4, 0.5) is 5.69 Å². The second kappa shape index (κ2) is 9.57. The van der Waals surface area contributed by atoms with E-state index in [0.29, 0.717) is 45.9 Å².